The molecule has 4 heteroatoms. The van der Waals surface area contributed by atoms with Crippen LogP contribution in [0.15, 0.2) is 63.9 Å². The van der Waals surface area contributed by atoms with Crippen molar-refractivity contribution in [1.29, 1.82) is 0 Å². The Bertz CT molecular complexity index is 728. The maximum atomic E-state index is 12.6. The first-order valence-electron chi connectivity index (χ1n) is 7.20. The molecule has 1 aliphatic carbocycles. The van der Waals surface area contributed by atoms with E-state index in [9.17, 15) is 9.59 Å². The van der Waals surface area contributed by atoms with Crippen LogP contribution >= 0.6 is 11.8 Å². The molecule has 1 heterocycles. The molecule has 0 saturated carbocycles. The van der Waals surface area contributed by atoms with Gasteiger partial charge >= 0.3 is 5.97 Å². The number of ketones is 1. The van der Waals surface area contributed by atoms with Crippen LogP contribution in [0.4, 0.5) is 0 Å². The number of carbonyl (C=O) groups is 2. The first-order chi connectivity index (χ1) is 10.6. The Morgan fingerprint density at radius 3 is 2.95 bits per heavy atom. The summed E-state index contributed by atoms with van der Waals surface area (Å²) in [4.78, 5) is 26.5. The van der Waals surface area contributed by atoms with E-state index in [4.69, 9.17) is 4.74 Å². The van der Waals surface area contributed by atoms with E-state index < -0.39 is 12.1 Å². The molecule has 1 aliphatic heterocycles. The van der Waals surface area contributed by atoms with Crippen LogP contribution in [-0.4, -0.2) is 17.9 Å². The second-order valence-corrected chi connectivity index (χ2v) is 6.32. The van der Waals surface area contributed by atoms with E-state index in [-0.39, 0.29) is 5.78 Å². The molecule has 0 aromatic heterocycles. The van der Waals surface area contributed by atoms with E-state index in [1.54, 1.807) is 17.8 Å². The summed E-state index contributed by atoms with van der Waals surface area (Å²) in [6, 6.07) is 8.04. The largest absolute Gasteiger partial charge is 0.446 e. The predicted molar refractivity (Wildman–Crippen MR) is 86.5 cm³/mol. The van der Waals surface area contributed by atoms with Crippen LogP contribution in [0, 0.1) is 0 Å². The van der Waals surface area contributed by atoms with Gasteiger partial charge in [-0.1, -0.05) is 43.5 Å². The number of ether oxygens (including phenoxy) is 1. The van der Waals surface area contributed by atoms with Gasteiger partial charge in [0.15, 0.2) is 6.10 Å². The number of benzene rings is 1. The fraction of sp³-hybridized carbons (Fsp3) is 0.222. The van der Waals surface area contributed by atoms with Gasteiger partial charge in [-0.05, 0) is 30.2 Å². The van der Waals surface area contributed by atoms with Crippen molar-refractivity contribution in [2.24, 2.45) is 0 Å². The average Bonchev–Trinajstić information content (AvgIpc) is 2.55. The van der Waals surface area contributed by atoms with Crippen molar-refractivity contribution in [3.8, 4) is 0 Å². The summed E-state index contributed by atoms with van der Waals surface area (Å²) < 4.78 is 5.27. The van der Waals surface area contributed by atoms with E-state index in [1.807, 2.05) is 31.2 Å². The molecule has 1 aromatic carbocycles. The number of rotatable bonds is 3. The zero-order chi connectivity index (χ0) is 15.7. The van der Waals surface area contributed by atoms with Crippen LogP contribution in [0.3, 0.4) is 0 Å². The first-order valence-corrected chi connectivity index (χ1v) is 8.02. The van der Waals surface area contributed by atoms with Gasteiger partial charge in [0, 0.05) is 27.4 Å². The fourth-order valence-corrected chi connectivity index (χ4v) is 3.52. The third-order valence-corrected chi connectivity index (χ3v) is 5.01. The van der Waals surface area contributed by atoms with Crippen LogP contribution in [0.5, 0.6) is 0 Å². The Kier molecular flexibility index (Phi) is 4.03. The molecule has 0 bridgehead atoms. The molecular formula is C18H16O3S. The molecule has 0 spiro atoms. The summed E-state index contributed by atoms with van der Waals surface area (Å²) in [5.41, 5.74) is 2.24. The van der Waals surface area contributed by atoms with Crippen LogP contribution in [0.1, 0.15) is 18.9 Å². The molecule has 0 N–H and O–H groups in total. The SMILES string of the molecule is C=C(CC)C(=O)OC1C=CC2=C(Cc3ccccc3S2)C1=O. The van der Waals surface area contributed by atoms with Crippen LogP contribution in [0.25, 0.3) is 0 Å². The summed E-state index contributed by atoms with van der Waals surface area (Å²) in [6.45, 7) is 5.48. The number of esters is 1. The highest BCUT2D eigenvalue weighted by Crippen LogP contribution is 2.41. The quantitative estimate of drug-likeness (QED) is 0.632. The van der Waals surface area contributed by atoms with Gasteiger partial charge in [0.25, 0.3) is 0 Å². The van der Waals surface area contributed by atoms with Crippen molar-refractivity contribution in [2.75, 3.05) is 0 Å². The van der Waals surface area contributed by atoms with Gasteiger partial charge in [-0.15, -0.1) is 0 Å². The Labute approximate surface area is 133 Å². The fourth-order valence-electron chi connectivity index (χ4n) is 2.42. The average molecular weight is 312 g/mol. The number of fused-ring (bicyclic) bond motifs is 1. The molecule has 0 amide bonds. The lowest BCUT2D eigenvalue weighted by Crippen LogP contribution is -2.31. The molecule has 22 heavy (non-hydrogen) atoms. The van der Waals surface area contributed by atoms with Crippen molar-refractivity contribution in [3.05, 3.63) is 64.6 Å². The summed E-state index contributed by atoms with van der Waals surface area (Å²) in [5, 5.41) is 0. The van der Waals surface area contributed by atoms with E-state index >= 15 is 0 Å². The van der Waals surface area contributed by atoms with Crippen molar-refractivity contribution in [1.82, 2.24) is 0 Å². The molecule has 2 aliphatic rings. The number of Topliss-reactive ketones (excluding diaryl/α,β-unsaturated/α-hetero) is 1. The van der Waals surface area contributed by atoms with Gasteiger partial charge in [-0.3, -0.25) is 4.79 Å². The molecule has 0 fully saturated rings. The molecule has 0 saturated heterocycles. The number of thioether (sulfide) groups is 1. The van der Waals surface area contributed by atoms with Crippen molar-refractivity contribution < 1.29 is 14.3 Å². The number of hydrogen-bond donors (Lipinski definition) is 0. The standard InChI is InChI=1S/C18H16O3S/c1-3-11(2)18(20)21-14-8-9-16-13(17(14)19)10-12-6-4-5-7-15(12)22-16/h4-9,14H,2-3,10H2,1H3. The Hall–Kier alpha value is -2.07. The highest BCUT2D eigenvalue weighted by molar-refractivity contribution is 8.03. The highest BCUT2D eigenvalue weighted by atomic mass is 32.2. The highest BCUT2D eigenvalue weighted by Gasteiger charge is 2.32. The van der Waals surface area contributed by atoms with E-state index in [0.717, 1.165) is 16.0 Å². The van der Waals surface area contributed by atoms with Gasteiger partial charge in [-0.2, -0.15) is 0 Å². The van der Waals surface area contributed by atoms with Crippen molar-refractivity contribution in [2.45, 2.75) is 30.8 Å². The van der Waals surface area contributed by atoms with E-state index in [2.05, 4.69) is 12.6 Å². The summed E-state index contributed by atoms with van der Waals surface area (Å²) in [5.74, 6) is -0.629. The van der Waals surface area contributed by atoms with Gasteiger partial charge < -0.3 is 4.74 Å². The Balaban J connectivity index is 1.80. The van der Waals surface area contributed by atoms with Crippen molar-refractivity contribution >= 4 is 23.5 Å². The van der Waals surface area contributed by atoms with Crippen molar-refractivity contribution in [3.63, 3.8) is 0 Å². The Morgan fingerprint density at radius 1 is 1.41 bits per heavy atom. The molecule has 1 atom stereocenters. The molecule has 3 nitrogen and oxygen atoms in total. The topological polar surface area (TPSA) is 43.4 Å². The second-order valence-electron chi connectivity index (χ2n) is 5.24. The maximum Gasteiger partial charge on any atom is 0.334 e. The zero-order valence-corrected chi connectivity index (χ0v) is 13.1. The minimum atomic E-state index is -0.833. The predicted octanol–water partition coefficient (Wildman–Crippen LogP) is 3.61. The third kappa shape index (κ3) is 2.66. The number of carbonyl (C=O) groups excluding carboxylic acids is 2. The van der Waals surface area contributed by atoms with Crippen LogP contribution in [0.2, 0.25) is 0 Å². The Morgan fingerprint density at radius 2 is 2.18 bits per heavy atom. The van der Waals surface area contributed by atoms with Gasteiger partial charge in [-0.25, -0.2) is 4.79 Å². The lowest BCUT2D eigenvalue weighted by molar-refractivity contribution is -0.147. The number of hydrogen-bond acceptors (Lipinski definition) is 4. The zero-order valence-electron chi connectivity index (χ0n) is 12.3. The summed E-state index contributed by atoms with van der Waals surface area (Å²) >= 11 is 1.59. The summed E-state index contributed by atoms with van der Waals surface area (Å²) in [6.07, 6.45) is 3.80. The lowest BCUT2D eigenvalue weighted by Gasteiger charge is -2.25. The molecule has 112 valence electrons. The van der Waals surface area contributed by atoms with Gasteiger partial charge in [0.05, 0.1) is 0 Å². The molecule has 3 rings (SSSR count). The third-order valence-electron chi connectivity index (χ3n) is 3.78. The molecular weight excluding hydrogens is 296 g/mol. The van der Waals surface area contributed by atoms with Gasteiger partial charge in [0.2, 0.25) is 5.78 Å². The lowest BCUT2D eigenvalue weighted by atomic mass is 9.94. The minimum Gasteiger partial charge on any atom is -0.446 e. The molecule has 0 radical (unpaired) electrons. The smallest absolute Gasteiger partial charge is 0.334 e. The maximum absolute atomic E-state index is 12.6. The number of allylic oxidation sites excluding steroid dienone is 1. The summed E-state index contributed by atoms with van der Waals surface area (Å²) in [7, 11) is 0. The second kappa shape index (κ2) is 5.97. The monoisotopic (exact) mass is 312 g/mol. The first kappa shape index (κ1) is 14.9. The van der Waals surface area contributed by atoms with Gasteiger partial charge in [0.1, 0.15) is 0 Å². The van der Waals surface area contributed by atoms with Crippen LogP contribution < -0.4 is 0 Å². The minimum absolute atomic E-state index is 0.128. The van der Waals surface area contributed by atoms with E-state index in [0.29, 0.717) is 18.4 Å². The molecule has 1 unspecified atom stereocenters. The van der Waals surface area contributed by atoms with Crippen LogP contribution in [-0.2, 0) is 20.7 Å². The normalized spacial score (nSPS) is 19.5. The molecule has 1 aromatic rings. The van der Waals surface area contributed by atoms with E-state index in [1.165, 1.54) is 4.90 Å².